The number of hydrogen-bond acceptors (Lipinski definition) is 8. The van der Waals surface area contributed by atoms with Crippen molar-refractivity contribution in [2.45, 2.75) is 39.3 Å². The van der Waals surface area contributed by atoms with Crippen LogP contribution in [0.1, 0.15) is 37.9 Å². The summed E-state index contributed by atoms with van der Waals surface area (Å²) in [6, 6.07) is 4.08. The van der Waals surface area contributed by atoms with Crippen LogP contribution in [0.25, 0.3) is 0 Å². The molecule has 2 aromatic heterocycles. The summed E-state index contributed by atoms with van der Waals surface area (Å²) >= 11 is 0. The molecule has 1 amide bonds. The number of aromatic nitrogens is 2. The number of nitrogens with one attached hydrogen (secondary N) is 2. The fourth-order valence-electron chi connectivity index (χ4n) is 3.64. The molecule has 31 heavy (non-hydrogen) atoms. The summed E-state index contributed by atoms with van der Waals surface area (Å²) < 4.78 is 10.8. The number of hydrogen-bond donors (Lipinski definition) is 3. The van der Waals surface area contributed by atoms with E-state index < -0.39 is 17.1 Å². The molecule has 0 saturated carbocycles. The largest absolute Gasteiger partial charge is 0.481 e. The van der Waals surface area contributed by atoms with Crippen molar-refractivity contribution in [1.82, 2.24) is 15.3 Å². The predicted octanol–water partition coefficient (Wildman–Crippen LogP) is 3.43. The maximum atomic E-state index is 11.4. The summed E-state index contributed by atoms with van der Waals surface area (Å²) in [6.45, 7) is 6.48. The van der Waals surface area contributed by atoms with Crippen LogP contribution in [0.15, 0.2) is 24.4 Å². The van der Waals surface area contributed by atoms with Crippen LogP contribution >= 0.6 is 0 Å². The van der Waals surface area contributed by atoms with E-state index in [1.165, 1.54) is 19.2 Å². The molecule has 11 nitrogen and oxygen atoms in total. The molecule has 1 aliphatic rings. The monoisotopic (exact) mass is 431 g/mol. The van der Waals surface area contributed by atoms with Crippen molar-refractivity contribution >= 4 is 23.3 Å². The topological polar surface area (TPSA) is 149 Å². The molecule has 11 heteroatoms. The molecule has 1 aliphatic heterocycles. The number of carbonyl (C=O) groups is 1. The van der Waals surface area contributed by atoms with Crippen molar-refractivity contribution in [2.75, 3.05) is 19.0 Å². The number of nitro groups is 1. The summed E-state index contributed by atoms with van der Waals surface area (Å²) in [5, 5.41) is 26.2. The Morgan fingerprint density at radius 1 is 1.42 bits per heavy atom. The van der Waals surface area contributed by atoms with E-state index in [4.69, 9.17) is 9.47 Å². The van der Waals surface area contributed by atoms with E-state index in [0.29, 0.717) is 18.9 Å². The molecule has 3 rings (SSSR count). The molecule has 2 unspecified atom stereocenters. The number of methoxy groups -OCH3 is 1. The minimum Gasteiger partial charge on any atom is -0.481 e. The Morgan fingerprint density at radius 2 is 2.16 bits per heavy atom. The second kappa shape index (κ2) is 8.72. The summed E-state index contributed by atoms with van der Waals surface area (Å²) in [5.41, 5.74) is 1.42. The Labute approximate surface area is 179 Å². The van der Waals surface area contributed by atoms with Gasteiger partial charge in [0, 0.05) is 29.7 Å². The summed E-state index contributed by atoms with van der Waals surface area (Å²) in [5.74, 6) is -0.0205. The molecule has 0 fully saturated rings. The number of fused-ring (bicyclic) bond motifs is 1. The zero-order valence-electron chi connectivity index (χ0n) is 17.7. The highest BCUT2D eigenvalue weighted by atomic mass is 16.6. The first-order chi connectivity index (χ1) is 14.6. The van der Waals surface area contributed by atoms with Gasteiger partial charge in [0.25, 0.3) is 0 Å². The molecule has 0 radical (unpaired) electrons. The van der Waals surface area contributed by atoms with Gasteiger partial charge in [-0.15, -0.1) is 0 Å². The second-order valence-corrected chi connectivity index (χ2v) is 8.29. The molecule has 166 valence electrons. The summed E-state index contributed by atoms with van der Waals surface area (Å²) in [7, 11) is 1.42. The molecule has 0 aromatic carbocycles. The van der Waals surface area contributed by atoms with Gasteiger partial charge in [0.1, 0.15) is 0 Å². The van der Waals surface area contributed by atoms with Gasteiger partial charge in [-0.3, -0.25) is 15.1 Å². The number of carboxylic acid groups (broad SMARTS) is 1. The van der Waals surface area contributed by atoms with Gasteiger partial charge in [-0.2, -0.15) is 4.98 Å². The van der Waals surface area contributed by atoms with Gasteiger partial charge in [0.05, 0.1) is 42.8 Å². The van der Waals surface area contributed by atoms with Crippen LogP contribution in [-0.2, 0) is 11.3 Å². The predicted molar refractivity (Wildman–Crippen MR) is 112 cm³/mol. The van der Waals surface area contributed by atoms with Crippen molar-refractivity contribution < 1.29 is 24.3 Å². The zero-order valence-corrected chi connectivity index (χ0v) is 17.7. The van der Waals surface area contributed by atoms with Crippen LogP contribution in [0.2, 0.25) is 0 Å². The van der Waals surface area contributed by atoms with E-state index >= 15 is 0 Å². The number of rotatable bonds is 6. The Kier molecular flexibility index (Phi) is 6.25. The van der Waals surface area contributed by atoms with E-state index in [2.05, 4.69) is 20.6 Å². The van der Waals surface area contributed by atoms with E-state index in [-0.39, 0.29) is 28.7 Å². The molecule has 0 bridgehead atoms. The van der Waals surface area contributed by atoms with Gasteiger partial charge in [0.2, 0.25) is 11.7 Å². The van der Waals surface area contributed by atoms with Gasteiger partial charge in [-0.1, -0.05) is 20.8 Å². The van der Waals surface area contributed by atoms with E-state index in [1.54, 1.807) is 12.3 Å². The molecule has 0 spiro atoms. The van der Waals surface area contributed by atoms with Gasteiger partial charge < -0.3 is 25.2 Å². The standard InChI is InChI=1S/C20H25N5O6/c1-20(2,3)17(24-19(26)27)13-10-31-9-11-7-12(8-21-16(11)13)22-18-14(25(28)29)5-6-15(23-18)30-4/h5-8,13,17,24H,9-10H2,1-4H3,(H,22,23)(H,26,27). The number of anilines is 2. The maximum Gasteiger partial charge on any atom is 0.404 e. The lowest BCUT2D eigenvalue weighted by atomic mass is 9.76. The van der Waals surface area contributed by atoms with Gasteiger partial charge in [0.15, 0.2) is 0 Å². The maximum absolute atomic E-state index is 11.4. The van der Waals surface area contributed by atoms with Crippen LogP contribution in [0, 0.1) is 15.5 Å². The Hall–Kier alpha value is -3.47. The Balaban J connectivity index is 1.94. The lowest BCUT2D eigenvalue weighted by Gasteiger charge is -2.39. The van der Waals surface area contributed by atoms with Crippen molar-refractivity contribution in [2.24, 2.45) is 5.41 Å². The van der Waals surface area contributed by atoms with E-state index in [0.717, 1.165) is 11.3 Å². The van der Waals surface area contributed by atoms with Crippen molar-refractivity contribution in [3.8, 4) is 5.88 Å². The van der Waals surface area contributed by atoms with Crippen LogP contribution in [0.3, 0.4) is 0 Å². The molecular weight excluding hydrogens is 406 g/mol. The molecule has 3 N–H and O–H groups in total. The van der Waals surface area contributed by atoms with Crippen LogP contribution in [-0.4, -0.2) is 45.8 Å². The number of nitrogens with zero attached hydrogens (tertiary/aromatic N) is 3. The van der Waals surface area contributed by atoms with Crippen molar-refractivity contribution in [1.29, 1.82) is 0 Å². The first kappa shape index (κ1) is 22.2. The molecule has 0 aliphatic carbocycles. The lowest BCUT2D eigenvalue weighted by molar-refractivity contribution is -0.384. The zero-order chi connectivity index (χ0) is 22.8. The molecule has 0 saturated heterocycles. The summed E-state index contributed by atoms with van der Waals surface area (Å²) in [6.07, 6.45) is 0.435. The third-order valence-corrected chi connectivity index (χ3v) is 5.04. The van der Waals surface area contributed by atoms with Crippen LogP contribution in [0.4, 0.5) is 22.0 Å². The fourth-order valence-corrected chi connectivity index (χ4v) is 3.64. The molecular formula is C20H25N5O6. The first-order valence-electron chi connectivity index (χ1n) is 9.62. The third-order valence-electron chi connectivity index (χ3n) is 5.04. The van der Waals surface area contributed by atoms with E-state index in [9.17, 15) is 20.0 Å². The number of ether oxygens (including phenoxy) is 2. The highest BCUT2D eigenvalue weighted by Crippen LogP contribution is 2.37. The number of amides is 1. The van der Waals surface area contributed by atoms with Gasteiger partial charge in [-0.05, 0) is 11.5 Å². The Morgan fingerprint density at radius 3 is 2.77 bits per heavy atom. The highest BCUT2D eigenvalue weighted by Gasteiger charge is 2.38. The number of pyridine rings is 2. The smallest absolute Gasteiger partial charge is 0.404 e. The summed E-state index contributed by atoms with van der Waals surface area (Å²) in [4.78, 5) is 30.8. The fraction of sp³-hybridized carbons (Fsp3) is 0.450. The quantitative estimate of drug-likeness (QED) is 0.462. The van der Waals surface area contributed by atoms with Gasteiger partial charge in [-0.25, -0.2) is 4.79 Å². The average molecular weight is 431 g/mol. The van der Waals surface area contributed by atoms with E-state index in [1.807, 2.05) is 20.8 Å². The third kappa shape index (κ3) is 5.00. The second-order valence-electron chi connectivity index (χ2n) is 8.29. The molecule has 2 aromatic rings. The lowest BCUT2D eigenvalue weighted by Crippen LogP contribution is -2.49. The van der Waals surface area contributed by atoms with Crippen molar-refractivity contribution in [3.05, 3.63) is 45.8 Å². The van der Waals surface area contributed by atoms with Crippen molar-refractivity contribution in [3.63, 3.8) is 0 Å². The average Bonchev–Trinajstić information content (AvgIpc) is 2.70. The molecule has 2 atom stereocenters. The van der Waals surface area contributed by atoms with Crippen LogP contribution in [0.5, 0.6) is 5.88 Å². The molecule has 3 heterocycles. The van der Waals surface area contributed by atoms with Gasteiger partial charge >= 0.3 is 11.8 Å². The highest BCUT2D eigenvalue weighted by molar-refractivity contribution is 5.67. The SMILES string of the molecule is COc1ccc([N+](=O)[O-])c(Nc2cnc3c(c2)COCC3C(NC(=O)O)C(C)(C)C)n1. The Bertz CT molecular complexity index is 991. The minimum atomic E-state index is -1.11. The first-order valence-corrected chi connectivity index (χ1v) is 9.62. The normalized spacial score (nSPS) is 16.7. The van der Waals surface area contributed by atoms with Crippen LogP contribution < -0.4 is 15.4 Å². The minimum absolute atomic E-state index is 0.0273.